The molecule has 0 aromatic carbocycles. The molecule has 8 nitrogen and oxygen atoms in total. The summed E-state index contributed by atoms with van der Waals surface area (Å²) in [6.45, 7) is 2.60. The number of amides is 2. The summed E-state index contributed by atoms with van der Waals surface area (Å²) in [5.74, 6) is -0.585. The molecule has 1 fully saturated rings. The Bertz CT molecular complexity index is 525. The van der Waals surface area contributed by atoms with Crippen LogP contribution in [0.15, 0.2) is 12.3 Å². The molecule has 1 aliphatic heterocycles. The molecule has 2 rings (SSSR count). The molecule has 1 saturated heterocycles. The molecule has 1 aliphatic rings. The van der Waals surface area contributed by atoms with Crippen molar-refractivity contribution in [3.05, 3.63) is 28.1 Å². The number of nitrogens with zero attached hydrogens (tertiary/aromatic N) is 2. The number of piperazine rings is 1. The van der Waals surface area contributed by atoms with Gasteiger partial charge in [0.15, 0.2) is 0 Å². The highest BCUT2D eigenvalue weighted by atomic mass is 16.6. The lowest BCUT2D eigenvalue weighted by molar-refractivity contribution is -0.384. The molecule has 8 heteroatoms. The lowest BCUT2D eigenvalue weighted by atomic mass is 10.1. The van der Waals surface area contributed by atoms with Crippen molar-refractivity contribution < 1.29 is 14.5 Å². The summed E-state index contributed by atoms with van der Waals surface area (Å²) in [6.07, 6.45) is 1.67. The maximum absolute atomic E-state index is 12.2. The Labute approximate surface area is 108 Å². The van der Waals surface area contributed by atoms with Crippen LogP contribution in [-0.4, -0.2) is 45.8 Å². The smallest absolute Gasteiger partial charge is 0.287 e. The lowest BCUT2D eigenvalue weighted by Crippen LogP contribution is -2.56. The van der Waals surface area contributed by atoms with Crippen LogP contribution in [0.3, 0.4) is 0 Å². The second-order valence-corrected chi connectivity index (χ2v) is 4.24. The van der Waals surface area contributed by atoms with Gasteiger partial charge in [0.1, 0.15) is 11.7 Å². The van der Waals surface area contributed by atoms with Crippen LogP contribution in [0.1, 0.15) is 23.8 Å². The number of aromatic nitrogens is 1. The average Bonchev–Trinajstić information content (AvgIpc) is 2.87. The number of hydrogen-bond acceptors (Lipinski definition) is 4. The third kappa shape index (κ3) is 2.42. The Kier molecular flexibility index (Phi) is 3.50. The van der Waals surface area contributed by atoms with Crippen molar-refractivity contribution in [2.75, 3.05) is 13.1 Å². The molecular weight excluding hydrogens is 252 g/mol. The third-order valence-corrected chi connectivity index (χ3v) is 3.09. The van der Waals surface area contributed by atoms with Gasteiger partial charge in [0, 0.05) is 19.2 Å². The van der Waals surface area contributed by atoms with E-state index >= 15 is 0 Å². The van der Waals surface area contributed by atoms with Crippen LogP contribution in [0, 0.1) is 10.1 Å². The average molecular weight is 266 g/mol. The van der Waals surface area contributed by atoms with E-state index in [1.165, 1.54) is 11.0 Å². The summed E-state index contributed by atoms with van der Waals surface area (Å²) < 4.78 is 0. The fourth-order valence-corrected chi connectivity index (χ4v) is 2.13. The van der Waals surface area contributed by atoms with Gasteiger partial charge in [-0.25, -0.2) is 0 Å². The summed E-state index contributed by atoms with van der Waals surface area (Å²) in [5, 5.41) is 13.3. The van der Waals surface area contributed by atoms with Gasteiger partial charge in [-0.1, -0.05) is 6.92 Å². The van der Waals surface area contributed by atoms with Crippen molar-refractivity contribution in [2.45, 2.75) is 19.4 Å². The zero-order valence-electron chi connectivity index (χ0n) is 10.4. The van der Waals surface area contributed by atoms with Gasteiger partial charge in [-0.15, -0.1) is 0 Å². The Morgan fingerprint density at radius 3 is 2.95 bits per heavy atom. The van der Waals surface area contributed by atoms with Crippen LogP contribution >= 0.6 is 0 Å². The number of carbonyl (C=O) groups excluding carboxylic acids is 2. The maximum atomic E-state index is 12.2. The second-order valence-electron chi connectivity index (χ2n) is 4.24. The van der Waals surface area contributed by atoms with Crippen LogP contribution < -0.4 is 5.32 Å². The van der Waals surface area contributed by atoms with E-state index in [1.807, 2.05) is 6.92 Å². The summed E-state index contributed by atoms with van der Waals surface area (Å²) in [4.78, 5) is 37.9. The van der Waals surface area contributed by atoms with Crippen LogP contribution in [0.25, 0.3) is 0 Å². The van der Waals surface area contributed by atoms with Crippen molar-refractivity contribution in [1.29, 1.82) is 0 Å². The number of aromatic amines is 1. The summed E-state index contributed by atoms with van der Waals surface area (Å²) >= 11 is 0. The molecule has 1 aromatic rings. The molecule has 0 radical (unpaired) electrons. The van der Waals surface area contributed by atoms with Crippen LogP contribution in [-0.2, 0) is 4.79 Å². The molecular formula is C11H14N4O4. The van der Waals surface area contributed by atoms with Crippen molar-refractivity contribution in [3.8, 4) is 0 Å². The zero-order chi connectivity index (χ0) is 14.0. The van der Waals surface area contributed by atoms with Crippen LogP contribution in [0.4, 0.5) is 5.69 Å². The highest BCUT2D eigenvalue weighted by molar-refractivity contribution is 5.97. The molecule has 1 unspecified atom stereocenters. The van der Waals surface area contributed by atoms with Crippen LogP contribution in [0.2, 0.25) is 0 Å². The maximum Gasteiger partial charge on any atom is 0.287 e. The predicted octanol–water partition coefficient (Wildman–Crippen LogP) is 0.273. The third-order valence-electron chi connectivity index (χ3n) is 3.09. The quantitative estimate of drug-likeness (QED) is 0.604. The van der Waals surface area contributed by atoms with Gasteiger partial charge >= 0.3 is 0 Å². The first-order valence-corrected chi connectivity index (χ1v) is 5.96. The number of hydrogen-bond donors (Lipinski definition) is 2. The summed E-state index contributed by atoms with van der Waals surface area (Å²) in [7, 11) is 0. The van der Waals surface area contributed by atoms with E-state index in [9.17, 15) is 19.7 Å². The summed E-state index contributed by atoms with van der Waals surface area (Å²) in [6, 6.07) is 0.658. The van der Waals surface area contributed by atoms with Gasteiger partial charge in [-0.05, 0) is 6.42 Å². The molecule has 0 spiro atoms. The monoisotopic (exact) mass is 266 g/mol. The topological polar surface area (TPSA) is 108 Å². The first-order valence-electron chi connectivity index (χ1n) is 5.96. The Balaban J connectivity index is 2.21. The lowest BCUT2D eigenvalue weighted by Gasteiger charge is -2.34. The van der Waals surface area contributed by atoms with Gasteiger partial charge in [0.25, 0.3) is 11.6 Å². The minimum absolute atomic E-state index is 0.125. The van der Waals surface area contributed by atoms with E-state index < -0.39 is 16.9 Å². The van der Waals surface area contributed by atoms with Crippen molar-refractivity contribution in [3.63, 3.8) is 0 Å². The molecule has 2 heterocycles. The van der Waals surface area contributed by atoms with Crippen LogP contribution in [0.5, 0.6) is 0 Å². The van der Waals surface area contributed by atoms with Crippen molar-refractivity contribution >= 4 is 17.5 Å². The van der Waals surface area contributed by atoms with Gasteiger partial charge in [0.2, 0.25) is 5.91 Å². The highest BCUT2D eigenvalue weighted by Gasteiger charge is 2.33. The minimum atomic E-state index is -0.576. The van der Waals surface area contributed by atoms with Gasteiger partial charge in [-0.2, -0.15) is 0 Å². The molecule has 2 amide bonds. The first kappa shape index (κ1) is 13.1. The van der Waals surface area contributed by atoms with Crippen molar-refractivity contribution in [2.24, 2.45) is 0 Å². The number of nitro groups is 1. The first-order chi connectivity index (χ1) is 9.04. The molecule has 2 N–H and O–H groups in total. The van der Waals surface area contributed by atoms with Gasteiger partial charge in [-0.3, -0.25) is 19.7 Å². The largest absolute Gasteiger partial charge is 0.353 e. The minimum Gasteiger partial charge on any atom is -0.353 e. The van der Waals surface area contributed by atoms with E-state index in [4.69, 9.17) is 0 Å². The number of H-pyrrole nitrogens is 1. The Morgan fingerprint density at radius 1 is 1.63 bits per heavy atom. The number of nitrogens with one attached hydrogen (secondary N) is 2. The standard InChI is InChI=1S/C11H14N4O4/c1-2-9-10(16)12-3-4-14(9)11(17)8-5-7(6-13-8)15(18)19/h5-6,9,13H,2-4H2,1H3,(H,12,16). The van der Waals surface area contributed by atoms with Gasteiger partial charge in [0.05, 0.1) is 11.1 Å². The number of carbonyl (C=O) groups is 2. The molecule has 19 heavy (non-hydrogen) atoms. The fraction of sp³-hybridized carbons (Fsp3) is 0.455. The summed E-state index contributed by atoms with van der Waals surface area (Å²) in [5.41, 5.74) is -0.0438. The van der Waals surface area contributed by atoms with E-state index in [0.29, 0.717) is 19.5 Å². The molecule has 0 saturated carbocycles. The Morgan fingerprint density at radius 2 is 2.37 bits per heavy atom. The fourth-order valence-electron chi connectivity index (χ4n) is 2.13. The van der Waals surface area contributed by atoms with Crippen molar-refractivity contribution in [1.82, 2.24) is 15.2 Å². The SMILES string of the molecule is CCC1C(=O)NCCN1C(=O)c1cc([N+](=O)[O-])c[nH]1. The van der Waals surface area contributed by atoms with E-state index in [0.717, 1.165) is 6.20 Å². The zero-order valence-corrected chi connectivity index (χ0v) is 10.4. The molecule has 0 bridgehead atoms. The van der Waals surface area contributed by atoms with E-state index in [2.05, 4.69) is 10.3 Å². The number of rotatable bonds is 3. The Hall–Kier alpha value is -2.38. The molecule has 0 aliphatic carbocycles. The second kappa shape index (κ2) is 5.09. The van der Waals surface area contributed by atoms with E-state index in [1.54, 1.807) is 0 Å². The van der Waals surface area contributed by atoms with Gasteiger partial charge < -0.3 is 15.2 Å². The molecule has 102 valence electrons. The molecule has 1 atom stereocenters. The highest BCUT2D eigenvalue weighted by Crippen LogP contribution is 2.17. The molecule has 1 aromatic heterocycles. The normalized spacial score (nSPS) is 19.1. The predicted molar refractivity (Wildman–Crippen MR) is 65.6 cm³/mol. The van der Waals surface area contributed by atoms with E-state index in [-0.39, 0.29) is 17.3 Å².